The summed E-state index contributed by atoms with van der Waals surface area (Å²) in [5.41, 5.74) is 4.21. The maximum atomic E-state index is 13.4. The van der Waals surface area contributed by atoms with Gasteiger partial charge in [0.25, 0.3) is 5.91 Å². The summed E-state index contributed by atoms with van der Waals surface area (Å²) in [6.45, 7) is 2.55. The van der Waals surface area contributed by atoms with Gasteiger partial charge in [-0.25, -0.2) is 9.82 Å². The number of benzene rings is 3. The first-order chi connectivity index (χ1) is 15.5. The van der Waals surface area contributed by atoms with Crippen LogP contribution in [0.2, 0.25) is 0 Å². The smallest absolute Gasteiger partial charge is 0.271 e. The van der Waals surface area contributed by atoms with Crippen LogP contribution in [0.1, 0.15) is 28.4 Å². The van der Waals surface area contributed by atoms with Crippen LogP contribution in [0.3, 0.4) is 0 Å². The summed E-state index contributed by atoms with van der Waals surface area (Å²) in [5.74, 6) is 0.836. The van der Waals surface area contributed by atoms with Gasteiger partial charge in [-0.2, -0.15) is 5.10 Å². The molecule has 0 heterocycles. The molecule has 0 aliphatic carbocycles. The Balaban J connectivity index is 1.69. The lowest BCUT2D eigenvalue weighted by molar-refractivity contribution is 0.0954. The summed E-state index contributed by atoms with van der Waals surface area (Å²) in [6, 6.07) is 16.5. The highest BCUT2D eigenvalue weighted by molar-refractivity contribution is 9.10. The number of rotatable bonds is 9. The summed E-state index contributed by atoms with van der Waals surface area (Å²) in [6.07, 6.45) is 1.48. The third kappa shape index (κ3) is 6.31. The SMILES string of the molecule is CCOc1ccc(C(=O)N/N=C/c2cc(Br)ccc2OCc2cccc(F)c2)cc1OC. The van der Waals surface area contributed by atoms with Crippen LogP contribution in [0, 0.1) is 5.82 Å². The van der Waals surface area contributed by atoms with Crippen molar-refractivity contribution in [1.29, 1.82) is 0 Å². The van der Waals surface area contributed by atoms with E-state index in [1.807, 2.05) is 13.0 Å². The van der Waals surface area contributed by atoms with E-state index >= 15 is 0 Å². The van der Waals surface area contributed by atoms with Crippen molar-refractivity contribution < 1.29 is 23.4 Å². The molecule has 0 saturated heterocycles. The normalized spacial score (nSPS) is 10.8. The van der Waals surface area contributed by atoms with Gasteiger partial charge < -0.3 is 14.2 Å². The molecular weight excluding hydrogens is 479 g/mol. The summed E-state index contributed by atoms with van der Waals surface area (Å²) >= 11 is 3.41. The summed E-state index contributed by atoms with van der Waals surface area (Å²) in [7, 11) is 1.51. The molecule has 3 aromatic carbocycles. The average molecular weight is 501 g/mol. The maximum Gasteiger partial charge on any atom is 0.271 e. The van der Waals surface area contributed by atoms with Crippen molar-refractivity contribution in [1.82, 2.24) is 5.43 Å². The third-order valence-corrected chi connectivity index (χ3v) is 4.84. The van der Waals surface area contributed by atoms with Crippen LogP contribution in [-0.2, 0) is 6.61 Å². The zero-order chi connectivity index (χ0) is 22.9. The Bertz CT molecular complexity index is 1120. The Morgan fingerprint density at radius 3 is 2.62 bits per heavy atom. The number of nitrogens with one attached hydrogen (secondary N) is 1. The van der Waals surface area contributed by atoms with Crippen molar-refractivity contribution in [2.45, 2.75) is 13.5 Å². The molecular formula is C24H22BrFN2O4. The molecule has 0 aliphatic heterocycles. The number of hydrogen-bond donors (Lipinski definition) is 1. The molecule has 0 radical (unpaired) electrons. The zero-order valence-corrected chi connectivity index (χ0v) is 19.2. The maximum absolute atomic E-state index is 13.4. The first-order valence-electron chi connectivity index (χ1n) is 9.81. The van der Waals surface area contributed by atoms with E-state index in [-0.39, 0.29) is 12.4 Å². The third-order valence-electron chi connectivity index (χ3n) is 4.35. The second-order valence-corrected chi connectivity index (χ2v) is 7.51. The quantitative estimate of drug-likeness (QED) is 0.318. The number of methoxy groups -OCH3 is 1. The van der Waals surface area contributed by atoms with Gasteiger partial charge in [-0.15, -0.1) is 0 Å². The lowest BCUT2D eigenvalue weighted by Gasteiger charge is -2.11. The van der Waals surface area contributed by atoms with Crippen LogP contribution >= 0.6 is 15.9 Å². The van der Waals surface area contributed by atoms with Crippen molar-refractivity contribution in [2.24, 2.45) is 5.10 Å². The van der Waals surface area contributed by atoms with Gasteiger partial charge in [-0.3, -0.25) is 4.79 Å². The Morgan fingerprint density at radius 2 is 1.88 bits per heavy atom. The molecule has 3 aromatic rings. The van der Waals surface area contributed by atoms with E-state index < -0.39 is 5.91 Å². The highest BCUT2D eigenvalue weighted by atomic mass is 79.9. The predicted molar refractivity (Wildman–Crippen MR) is 124 cm³/mol. The van der Waals surface area contributed by atoms with E-state index in [1.54, 1.807) is 42.5 Å². The number of nitrogens with zero attached hydrogens (tertiary/aromatic N) is 1. The lowest BCUT2D eigenvalue weighted by Crippen LogP contribution is -2.17. The van der Waals surface area contributed by atoms with Crippen LogP contribution < -0.4 is 19.6 Å². The fraction of sp³-hybridized carbons (Fsp3) is 0.167. The van der Waals surface area contributed by atoms with Gasteiger partial charge in [0.2, 0.25) is 0 Å². The molecule has 0 spiro atoms. The van der Waals surface area contributed by atoms with Gasteiger partial charge >= 0.3 is 0 Å². The summed E-state index contributed by atoms with van der Waals surface area (Å²) in [5, 5.41) is 4.05. The molecule has 0 aromatic heterocycles. The summed E-state index contributed by atoms with van der Waals surface area (Å²) in [4.78, 5) is 12.5. The molecule has 0 atom stereocenters. The molecule has 0 fully saturated rings. The van der Waals surface area contributed by atoms with Gasteiger partial charge in [-0.05, 0) is 61.0 Å². The van der Waals surface area contributed by atoms with Crippen LogP contribution in [-0.4, -0.2) is 25.8 Å². The molecule has 32 heavy (non-hydrogen) atoms. The van der Waals surface area contributed by atoms with Crippen molar-refractivity contribution in [3.8, 4) is 17.2 Å². The molecule has 0 bridgehead atoms. The van der Waals surface area contributed by atoms with Gasteiger partial charge in [-0.1, -0.05) is 28.1 Å². The van der Waals surface area contributed by atoms with Crippen molar-refractivity contribution in [3.63, 3.8) is 0 Å². The fourth-order valence-electron chi connectivity index (χ4n) is 2.85. The Morgan fingerprint density at radius 1 is 1.06 bits per heavy atom. The molecule has 0 unspecified atom stereocenters. The van der Waals surface area contributed by atoms with Gasteiger partial charge in [0.05, 0.1) is 19.9 Å². The standard InChI is InChI=1S/C24H22BrFN2O4/c1-3-31-22-9-7-17(13-23(22)30-2)24(29)28-27-14-18-12-19(25)8-10-21(18)32-15-16-5-4-6-20(26)11-16/h4-14H,3,15H2,1-2H3,(H,28,29)/b27-14+. The highest BCUT2D eigenvalue weighted by Crippen LogP contribution is 2.28. The fourth-order valence-corrected chi connectivity index (χ4v) is 3.23. The van der Waals surface area contributed by atoms with Crippen LogP contribution in [0.25, 0.3) is 0 Å². The van der Waals surface area contributed by atoms with Crippen molar-refractivity contribution in [3.05, 3.63) is 87.6 Å². The topological polar surface area (TPSA) is 69.2 Å². The number of halogens is 2. The molecule has 0 saturated carbocycles. The lowest BCUT2D eigenvalue weighted by atomic mass is 10.2. The number of hydrogen-bond acceptors (Lipinski definition) is 5. The van der Waals surface area contributed by atoms with Crippen molar-refractivity contribution >= 4 is 28.1 Å². The minimum atomic E-state index is -0.403. The first kappa shape index (κ1) is 23.3. The van der Waals surface area contributed by atoms with E-state index in [0.29, 0.717) is 40.5 Å². The van der Waals surface area contributed by atoms with E-state index in [9.17, 15) is 9.18 Å². The summed E-state index contributed by atoms with van der Waals surface area (Å²) < 4.78 is 30.8. The molecule has 166 valence electrons. The molecule has 6 nitrogen and oxygen atoms in total. The van der Waals surface area contributed by atoms with Crippen molar-refractivity contribution in [2.75, 3.05) is 13.7 Å². The number of ether oxygens (including phenoxy) is 3. The molecule has 0 aliphatic rings. The second-order valence-electron chi connectivity index (χ2n) is 6.60. The number of hydrazone groups is 1. The Kier molecular flexibility index (Phi) is 8.21. The Hall–Kier alpha value is -3.39. The molecule has 8 heteroatoms. The zero-order valence-electron chi connectivity index (χ0n) is 17.6. The predicted octanol–water partition coefficient (Wildman–Crippen LogP) is 5.34. The molecule has 1 N–H and O–H groups in total. The van der Waals surface area contributed by atoms with Gasteiger partial charge in [0, 0.05) is 15.6 Å². The van der Waals surface area contributed by atoms with E-state index in [2.05, 4.69) is 26.5 Å². The first-order valence-corrected chi connectivity index (χ1v) is 10.6. The number of amides is 1. The van der Waals surface area contributed by atoms with Crippen LogP contribution in [0.4, 0.5) is 4.39 Å². The average Bonchev–Trinajstić information content (AvgIpc) is 2.79. The van der Waals surface area contributed by atoms with E-state index in [0.717, 1.165) is 4.47 Å². The Labute approximate surface area is 194 Å². The van der Waals surface area contributed by atoms with Gasteiger partial charge in [0.1, 0.15) is 18.2 Å². The highest BCUT2D eigenvalue weighted by Gasteiger charge is 2.11. The van der Waals surface area contributed by atoms with E-state index in [4.69, 9.17) is 14.2 Å². The van der Waals surface area contributed by atoms with Gasteiger partial charge in [0.15, 0.2) is 11.5 Å². The van der Waals surface area contributed by atoms with E-state index in [1.165, 1.54) is 25.5 Å². The second kappa shape index (κ2) is 11.3. The number of carbonyl (C=O) groups excluding carboxylic acids is 1. The largest absolute Gasteiger partial charge is 0.493 e. The van der Waals surface area contributed by atoms with Crippen LogP contribution in [0.5, 0.6) is 17.2 Å². The molecule has 1 amide bonds. The minimum Gasteiger partial charge on any atom is -0.493 e. The number of carbonyl (C=O) groups is 1. The minimum absolute atomic E-state index is 0.193. The monoisotopic (exact) mass is 500 g/mol. The molecule has 3 rings (SSSR count). The van der Waals surface area contributed by atoms with Crippen LogP contribution in [0.15, 0.2) is 70.2 Å².